The number of halogens is 3. The van der Waals surface area contributed by atoms with Gasteiger partial charge in [0.05, 0.1) is 0 Å². The van der Waals surface area contributed by atoms with Gasteiger partial charge in [0, 0.05) is 6.42 Å². The van der Waals surface area contributed by atoms with Crippen molar-refractivity contribution >= 4 is 5.91 Å². The molecule has 114 valence electrons. The first-order chi connectivity index (χ1) is 9.04. The van der Waals surface area contributed by atoms with Gasteiger partial charge in [-0.2, -0.15) is 14.3 Å². The van der Waals surface area contributed by atoms with E-state index in [1.807, 2.05) is 0 Å². The summed E-state index contributed by atoms with van der Waals surface area (Å²) in [5.74, 6) is -5.40. The molecule has 0 unspecified atom stereocenters. The van der Waals surface area contributed by atoms with Crippen molar-refractivity contribution < 1.29 is 18.1 Å². The van der Waals surface area contributed by atoms with E-state index in [1.165, 1.54) is 32.1 Å². The summed E-state index contributed by atoms with van der Waals surface area (Å²) in [6, 6.07) is 0. The molecule has 0 aliphatic heterocycles. The van der Waals surface area contributed by atoms with Crippen LogP contribution in [0.4, 0.5) is 13.3 Å². The number of hydrogen-bond donors (Lipinski definition) is 1. The normalized spacial score (nSPS) is 11.6. The van der Waals surface area contributed by atoms with Crippen molar-refractivity contribution in [3.05, 3.63) is 0 Å². The molecule has 0 fully saturated rings. The molecular formula is C14H26F3NO. The molecule has 0 rings (SSSR count). The minimum atomic E-state index is -3.57. The van der Waals surface area contributed by atoms with Gasteiger partial charge in [-0.15, -0.1) is 4.48 Å². The predicted octanol–water partition coefficient (Wildman–Crippen LogP) is 4.93. The Labute approximate surface area is 114 Å². The zero-order valence-electron chi connectivity index (χ0n) is 11.8. The number of rotatable bonds is 12. The molecule has 0 aliphatic carbocycles. The van der Waals surface area contributed by atoms with E-state index >= 15 is 0 Å². The van der Waals surface area contributed by atoms with Crippen LogP contribution in [-0.2, 0) is 4.79 Å². The maximum atomic E-state index is 12.9. The quantitative estimate of drug-likeness (QED) is 0.398. The Bertz CT molecular complexity index is 235. The first-order valence-corrected chi connectivity index (χ1v) is 7.33. The lowest BCUT2D eigenvalue weighted by atomic mass is 10.0. The van der Waals surface area contributed by atoms with Gasteiger partial charge < -0.3 is 0 Å². The molecule has 0 radical (unpaired) electrons. The Kier molecular flexibility index (Phi) is 10.7. The van der Waals surface area contributed by atoms with Crippen molar-refractivity contribution in [3.63, 3.8) is 0 Å². The van der Waals surface area contributed by atoms with Gasteiger partial charge in [-0.25, -0.2) is 0 Å². The van der Waals surface area contributed by atoms with Crippen molar-refractivity contribution in [1.29, 1.82) is 0 Å². The fraction of sp³-hybridized carbons (Fsp3) is 0.929. The number of amides is 1. The molecule has 0 aromatic heterocycles. The Morgan fingerprint density at radius 2 is 1.32 bits per heavy atom. The summed E-state index contributed by atoms with van der Waals surface area (Å²) in [6.07, 6.45) is 9.72. The lowest BCUT2D eigenvalue weighted by Crippen LogP contribution is -2.36. The predicted molar refractivity (Wildman–Crippen MR) is 70.7 cm³/mol. The number of carbonyl (C=O) groups is 1. The highest BCUT2D eigenvalue weighted by molar-refractivity contribution is 5.82. The largest absolute Gasteiger partial charge is 0.327 e. The van der Waals surface area contributed by atoms with Crippen LogP contribution in [0, 0.1) is 0 Å². The van der Waals surface area contributed by atoms with E-state index in [2.05, 4.69) is 6.92 Å². The average Bonchev–Trinajstić information content (AvgIpc) is 2.39. The lowest BCUT2D eigenvalue weighted by molar-refractivity contribution is -0.151. The van der Waals surface area contributed by atoms with E-state index in [1.54, 1.807) is 0 Å². The Balaban J connectivity index is 3.33. The van der Waals surface area contributed by atoms with E-state index in [9.17, 15) is 18.1 Å². The minimum Gasteiger partial charge on any atom is -0.265 e. The molecule has 0 aliphatic rings. The summed E-state index contributed by atoms with van der Waals surface area (Å²) < 4.78 is 37.4. The number of alkyl halides is 2. The fourth-order valence-electron chi connectivity index (χ4n) is 2.02. The second-order valence-corrected chi connectivity index (χ2v) is 5.06. The van der Waals surface area contributed by atoms with E-state index in [0.29, 0.717) is 12.0 Å². The summed E-state index contributed by atoms with van der Waals surface area (Å²) in [4.78, 5) is 10.5. The number of nitrogens with one attached hydrogen (secondary N) is 1. The summed E-state index contributed by atoms with van der Waals surface area (Å²) in [5, 5.41) is 0. The van der Waals surface area contributed by atoms with Crippen molar-refractivity contribution in [2.45, 2.75) is 83.5 Å². The third-order valence-corrected chi connectivity index (χ3v) is 3.26. The number of carbonyl (C=O) groups excluding carboxylic acids is 1. The van der Waals surface area contributed by atoms with Gasteiger partial charge in [-0.05, 0) is 6.42 Å². The van der Waals surface area contributed by atoms with Crippen molar-refractivity contribution in [3.8, 4) is 0 Å². The van der Waals surface area contributed by atoms with Crippen LogP contribution >= 0.6 is 0 Å². The van der Waals surface area contributed by atoms with Crippen molar-refractivity contribution in [2.24, 2.45) is 0 Å². The monoisotopic (exact) mass is 281 g/mol. The van der Waals surface area contributed by atoms with Crippen molar-refractivity contribution in [2.75, 3.05) is 0 Å². The number of hydrogen-bond acceptors (Lipinski definition) is 1. The van der Waals surface area contributed by atoms with Gasteiger partial charge in [0.15, 0.2) is 0 Å². The number of unbranched alkanes of at least 4 members (excludes halogenated alkanes) is 9. The molecule has 1 amide bonds. The standard InChI is InChI=1S/C14H26F3NO/c1-2-3-4-5-6-7-8-9-10-11-12-14(15,16)13(19)18-17/h2-12H2,1H3,(H,18,19). The van der Waals surface area contributed by atoms with Crippen LogP contribution in [0.3, 0.4) is 0 Å². The van der Waals surface area contributed by atoms with Crippen molar-refractivity contribution in [1.82, 2.24) is 5.54 Å². The Morgan fingerprint density at radius 3 is 1.74 bits per heavy atom. The lowest BCUT2D eigenvalue weighted by Gasteiger charge is -2.12. The maximum absolute atomic E-state index is 12.9. The molecular weight excluding hydrogens is 255 g/mol. The van der Waals surface area contributed by atoms with Gasteiger partial charge in [0.1, 0.15) is 0 Å². The van der Waals surface area contributed by atoms with Crippen LogP contribution in [0.25, 0.3) is 0 Å². The highest BCUT2D eigenvalue weighted by Gasteiger charge is 2.38. The highest BCUT2D eigenvalue weighted by atomic mass is 19.3. The molecule has 0 aromatic carbocycles. The SMILES string of the molecule is CCCCCCCCCCCCC(F)(F)C(=O)NF. The molecule has 0 spiro atoms. The molecule has 5 heteroatoms. The van der Waals surface area contributed by atoms with Gasteiger partial charge >= 0.3 is 11.8 Å². The first-order valence-electron chi connectivity index (χ1n) is 7.33. The van der Waals surface area contributed by atoms with Gasteiger partial charge in [0.25, 0.3) is 0 Å². The highest BCUT2D eigenvalue weighted by Crippen LogP contribution is 2.22. The van der Waals surface area contributed by atoms with Crippen LogP contribution in [-0.4, -0.2) is 11.8 Å². The molecule has 2 nitrogen and oxygen atoms in total. The molecule has 19 heavy (non-hydrogen) atoms. The summed E-state index contributed by atoms with van der Waals surface area (Å²) in [6.45, 7) is 2.18. The van der Waals surface area contributed by atoms with Crippen LogP contribution in [0.15, 0.2) is 0 Å². The molecule has 1 N–H and O–H groups in total. The average molecular weight is 281 g/mol. The molecule has 0 saturated heterocycles. The molecule has 0 heterocycles. The second-order valence-electron chi connectivity index (χ2n) is 5.06. The Morgan fingerprint density at radius 1 is 0.895 bits per heavy atom. The van der Waals surface area contributed by atoms with E-state index in [0.717, 1.165) is 19.3 Å². The van der Waals surface area contributed by atoms with Crippen LogP contribution in [0.1, 0.15) is 77.6 Å². The summed E-state index contributed by atoms with van der Waals surface area (Å²) in [5.41, 5.74) is 0.502. The molecule has 0 saturated carbocycles. The molecule has 0 aromatic rings. The zero-order valence-corrected chi connectivity index (χ0v) is 11.8. The maximum Gasteiger partial charge on any atom is 0.327 e. The third kappa shape index (κ3) is 9.79. The second kappa shape index (κ2) is 11.1. The van der Waals surface area contributed by atoms with Gasteiger partial charge in [-0.1, -0.05) is 64.7 Å². The third-order valence-electron chi connectivity index (χ3n) is 3.26. The van der Waals surface area contributed by atoms with E-state index in [-0.39, 0.29) is 6.42 Å². The topological polar surface area (TPSA) is 29.1 Å². The molecule has 0 atom stereocenters. The van der Waals surface area contributed by atoms with Crippen LogP contribution in [0.5, 0.6) is 0 Å². The molecule has 0 bridgehead atoms. The van der Waals surface area contributed by atoms with E-state index < -0.39 is 18.3 Å². The van der Waals surface area contributed by atoms with E-state index in [4.69, 9.17) is 0 Å². The van der Waals surface area contributed by atoms with Crippen LogP contribution < -0.4 is 5.54 Å². The summed E-state index contributed by atoms with van der Waals surface area (Å²) >= 11 is 0. The minimum absolute atomic E-state index is 0.260. The summed E-state index contributed by atoms with van der Waals surface area (Å²) in [7, 11) is 0. The zero-order chi connectivity index (χ0) is 14.6. The first kappa shape index (κ1) is 18.3. The van der Waals surface area contributed by atoms with Gasteiger partial charge in [-0.3, -0.25) is 4.79 Å². The van der Waals surface area contributed by atoms with Gasteiger partial charge in [0.2, 0.25) is 0 Å². The fourth-order valence-corrected chi connectivity index (χ4v) is 2.02. The van der Waals surface area contributed by atoms with Crippen LogP contribution in [0.2, 0.25) is 0 Å². The Hall–Kier alpha value is -0.740. The smallest absolute Gasteiger partial charge is 0.265 e.